The summed E-state index contributed by atoms with van der Waals surface area (Å²) in [5.41, 5.74) is 0. The van der Waals surface area contributed by atoms with Crippen molar-refractivity contribution in [1.82, 2.24) is 0 Å². The molecule has 0 fully saturated rings. The van der Waals surface area contributed by atoms with Crippen molar-refractivity contribution in [3.05, 3.63) is 0 Å². The van der Waals surface area contributed by atoms with Gasteiger partial charge in [0.1, 0.15) is 0 Å². The lowest BCUT2D eigenvalue weighted by Crippen LogP contribution is -2.16. The molecule has 0 saturated carbocycles. The number of unbranched alkanes of at least 4 members (excludes halogenated alkanes) is 2. The van der Waals surface area contributed by atoms with Crippen molar-refractivity contribution in [2.45, 2.75) is 59.0 Å². The highest BCUT2D eigenvalue weighted by Gasteiger charge is 2.10. The molecule has 0 rings (SSSR count). The lowest BCUT2D eigenvalue weighted by Gasteiger charge is -2.16. The third-order valence-electron chi connectivity index (χ3n) is 2.40. The van der Waals surface area contributed by atoms with E-state index in [1.807, 2.05) is 0 Å². The number of aliphatic hydroxyl groups is 1. The molecule has 11 heavy (non-hydrogen) atoms. The smallest absolute Gasteiger partial charge is 0.0565 e. The fourth-order valence-corrected chi connectivity index (χ4v) is 1.16. The molecule has 0 spiro atoms. The van der Waals surface area contributed by atoms with Gasteiger partial charge in [-0.05, 0) is 12.3 Å². The third kappa shape index (κ3) is 5.25. The summed E-state index contributed by atoms with van der Waals surface area (Å²) >= 11 is 0. The summed E-state index contributed by atoms with van der Waals surface area (Å²) in [6.45, 7) is 6.44. The van der Waals surface area contributed by atoms with Gasteiger partial charge in [0.25, 0.3) is 0 Å². The highest BCUT2D eigenvalue weighted by atomic mass is 16.3. The van der Waals surface area contributed by atoms with Crippen LogP contribution in [-0.2, 0) is 0 Å². The maximum Gasteiger partial charge on any atom is 0.0565 e. The van der Waals surface area contributed by atoms with Crippen molar-refractivity contribution < 1.29 is 5.11 Å². The lowest BCUT2D eigenvalue weighted by atomic mass is 9.97. The van der Waals surface area contributed by atoms with Crippen molar-refractivity contribution in [1.29, 1.82) is 0 Å². The number of rotatable bonds is 6. The molecule has 0 unspecified atom stereocenters. The molecular weight excluding hydrogens is 136 g/mol. The van der Waals surface area contributed by atoms with E-state index in [1.54, 1.807) is 0 Å². The molecule has 0 aliphatic heterocycles. The van der Waals surface area contributed by atoms with Crippen LogP contribution in [0.1, 0.15) is 52.9 Å². The van der Waals surface area contributed by atoms with E-state index >= 15 is 0 Å². The van der Waals surface area contributed by atoms with Crippen molar-refractivity contribution in [2.75, 3.05) is 0 Å². The van der Waals surface area contributed by atoms with Gasteiger partial charge in [0.2, 0.25) is 0 Å². The first-order chi connectivity index (χ1) is 5.22. The summed E-state index contributed by atoms with van der Waals surface area (Å²) in [5, 5.41) is 9.54. The van der Waals surface area contributed by atoms with Gasteiger partial charge >= 0.3 is 0 Å². The average Bonchev–Trinajstić information content (AvgIpc) is 2.03. The normalized spacial score (nSPS) is 16.4. The predicted molar refractivity (Wildman–Crippen MR) is 49.6 cm³/mol. The van der Waals surface area contributed by atoms with Crippen LogP contribution in [0.25, 0.3) is 0 Å². The van der Waals surface area contributed by atoms with Gasteiger partial charge in [-0.1, -0.05) is 46.5 Å². The molecule has 0 amide bonds. The molecule has 0 aromatic carbocycles. The fraction of sp³-hybridized carbons (Fsp3) is 1.00. The molecule has 68 valence electrons. The van der Waals surface area contributed by atoms with Crippen molar-refractivity contribution >= 4 is 0 Å². The van der Waals surface area contributed by atoms with E-state index in [-0.39, 0.29) is 6.10 Å². The SMILES string of the molecule is CCCCC[C@@H](O)[C@H](C)CC. The molecule has 1 nitrogen and oxygen atoms in total. The quantitative estimate of drug-likeness (QED) is 0.589. The molecular formula is C10H22O. The summed E-state index contributed by atoms with van der Waals surface area (Å²) in [6, 6.07) is 0. The minimum absolute atomic E-state index is 0.0634. The van der Waals surface area contributed by atoms with Crippen LogP contribution >= 0.6 is 0 Å². The van der Waals surface area contributed by atoms with Crippen LogP contribution in [0.3, 0.4) is 0 Å². The Hall–Kier alpha value is -0.0400. The Kier molecular flexibility index (Phi) is 6.63. The molecule has 0 aliphatic carbocycles. The Morgan fingerprint density at radius 3 is 2.27 bits per heavy atom. The van der Waals surface area contributed by atoms with Gasteiger partial charge < -0.3 is 5.11 Å². The van der Waals surface area contributed by atoms with Gasteiger partial charge in [-0.25, -0.2) is 0 Å². The molecule has 2 atom stereocenters. The third-order valence-corrected chi connectivity index (χ3v) is 2.40. The van der Waals surface area contributed by atoms with E-state index in [4.69, 9.17) is 0 Å². The van der Waals surface area contributed by atoms with Crippen LogP contribution in [0.4, 0.5) is 0 Å². The second-order valence-corrected chi connectivity index (χ2v) is 3.45. The van der Waals surface area contributed by atoms with Gasteiger partial charge in [-0.3, -0.25) is 0 Å². The van der Waals surface area contributed by atoms with Gasteiger partial charge in [-0.2, -0.15) is 0 Å². The summed E-state index contributed by atoms with van der Waals surface area (Å²) < 4.78 is 0. The Bertz CT molecular complexity index is 80.9. The van der Waals surface area contributed by atoms with Crippen LogP contribution in [-0.4, -0.2) is 11.2 Å². The van der Waals surface area contributed by atoms with Gasteiger partial charge in [0.05, 0.1) is 6.10 Å². The van der Waals surface area contributed by atoms with Crippen molar-refractivity contribution in [2.24, 2.45) is 5.92 Å². The first-order valence-corrected chi connectivity index (χ1v) is 4.90. The van der Waals surface area contributed by atoms with Crippen LogP contribution in [0.15, 0.2) is 0 Å². The molecule has 0 aromatic rings. The predicted octanol–water partition coefficient (Wildman–Crippen LogP) is 2.97. The summed E-state index contributed by atoms with van der Waals surface area (Å²) in [7, 11) is 0. The van der Waals surface area contributed by atoms with Crippen LogP contribution in [0.2, 0.25) is 0 Å². The molecule has 0 aromatic heterocycles. The van der Waals surface area contributed by atoms with Gasteiger partial charge in [0, 0.05) is 0 Å². The lowest BCUT2D eigenvalue weighted by molar-refractivity contribution is 0.103. The Labute approximate surface area is 70.8 Å². The number of aliphatic hydroxyl groups excluding tert-OH is 1. The van der Waals surface area contributed by atoms with E-state index in [0.717, 1.165) is 12.8 Å². The number of hydrogen-bond donors (Lipinski definition) is 1. The molecule has 1 N–H and O–H groups in total. The molecule has 0 aliphatic rings. The monoisotopic (exact) mass is 158 g/mol. The maximum atomic E-state index is 9.54. The minimum atomic E-state index is -0.0634. The van der Waals surface area contributed by atoms with Crippen LogP contribution in [0.5, 0.6) is 0 Å². The Balaban J connectivity index is 3.28. The summed E-state index contributed by atoms with van der Waals surface area (Å²) in [6.07, 6.45) is 5.70. The Morgan fingerprint density at radius 2 is 1.82 bits per heavy atom. The molecule has 0 heterocycles. The van der Waals surface area contributed by atoms with E-state index in [1.165, 1.54) is 19.3 Å². The van der Waals surface area contributed by atoms with E-state index in [2.05, 4.69) is 20.8 Å². The molecule has 0 saturated heterocycles. The van der Waals surface area contributed by atoms with Gasteiger partial charge in [0.15, 0.2) is 0 Å². The van der Waals surface area contributed by atoms with Crippen molar-refractivity contribution in [3.63, 3.8) is 0 Å². The Morgan fingerprint density at radius 1 is 1.18 bits per heavy atom. The topological polar surface area (TPSA) is 20.2 Å². The summed E-state index contributed by atoms with van der Waals surface area (Å²) in [4.78, 5) is 0. The van der Waals surface area contributed by atoms with E-state index in [9.17, 15) is 5.11 Å². The van der Waals surface area contributed by atoms with Gasteiger partial charge in [-0.15, -0.1) is 0 Å². The second-order valence-electron chi connectivity index (χ2n) is 3.45. The standard InChI is InChI=1S/C10H22O/c1-4-6-7-8-10(11)9(3)5-2/h9-11H,4-8H2,1-3H3/t9-,10-/m1/s1. The maximum absolute atomic E-state index is 9.54. The average molecular weight is 158 g/mol. The zero-order valence-electron chi connectivity index (χ0n) is 8.14. The second kappa shape index (κ2) is 6.66. The van der Waals surface area contributed by atoms with E-state index < -0.39 is 0 Å². The first-order valence-electron chi connectivity index (χ1n) is 4.90. The van der Waals surface area contributed by atoms with Crippen LogP contribution in [0, 0.1) is 5.92 Å². The fourth-order valence-electron chi connectivity index (χ4n) is 1.16. The largest absolute Gasteiger partial charge is 0.393 e. The van der Waals surface area contributed by atoms with E-state index in [0.29, 0.717) is 5.92 Å². The molecule has 1 heteroatoms. The summed E-state index contributed by atoms with van der Waals surface area (Å²) in [5.74, 6) is 0.479. The van der Waals surface area contributed by atoms with Crippen molar-refractivity contribution in [3.8, 4) is 0 Å². The minimum Gasteiger partial charge on any atom is -0.393 e. The highest BCUT2D eigenvalue weighted by molar-refractivity contribution is 4.62. The zero-order valence-corrected chi connectivity index (χ0v) is 8.14. The molecule has 0 radical (unpaired) electrons. The first kappa shape index (κ1) is 11.0. The van der Waals surface area contributed by atoms with Crippen LogP contribution < -0.4 is 0 Å². The number of hydrogen-bond acceptors (Lipinski definition) is 1. The zero-order chi connectivity index (χ0) is 8.69. The highest BCUT2D eigenvalue weighted by Crippen LogP contribution is 2.13. The molecule has 0 bridgehead atoms.